The molecule has 10 heteroatoms. The van der Waals surface area contributed by atoms with Crippen LogP contribution < -0.4 is 16.0 Å². The van der Waals surface area contributed by atoms with Gasteiger partial charge in [-0.25, -0.2) is 0 Å². The Morgan fingerprint density at radius 2 is 1.59 bits per heavy atom. The van der Waals surface area contributed by atoms with Gasteiger partial charge in [-0.1, -0.05) is 61.0 Å². The molecule has 2 aromatic carbocycles. The zero-order valence-electron chi connectivity index (χ0n) is 20.6. The standard InChI is InChI=1S/C27H33N3O6S/c28-17-7-1-2-12-26(32)29-18-25(37(34,35)36)24(31)15-16-27(33)30-19-22-10-4-3-8-20(22)13-14-21-9-5-6-11-23(21)30/h3-6,8-11,13-14,25H,1-2,7,12,15-19,28H2,(H,29,32)(H,34,35,36). The van der Waals surface area contributed by atoms with Gasteiger partial charge in [-0.15, -0.1) is 0 Å². The maximum atomic E-state index is 13.3. The molecule has 1 heterocycles. The summed E-state index contributed by atoms with van der Waals surface area (Å²) in [6, 6.07) is 15.1. The van der Waals surface area contributed by atoms with Crippen molar-refractivity contribution in [3.05, 3.63) is 65.2 Å². The first-order valence-electron chi connectivity index (χ1n) is 12.3. The van der Waals surface area contributed by atoms with Crippen LogP contribution >= 0.6 is 0 Å². The number of hydrogen-bond donors (Lipinski definition) is 3. The smallest absolute Gasteiger partial charge is 0.276 e. The minimum atomic E-state index is -4.78. The van der Waals surface area contributed by atoms with Gasteiger partial charge in [0.25, 0.3) is 10.1 Å². The van der Waals surface area contributed by atoms with E-state index in [2.05, 4.69) is 5.32 Å². The summed E-state index contributed by atoms with van der Waals surface area (Å²) in [7, 11) is -4.78. The molecule has 2 amide bonds. The second-order valence-corrected chi connectivity index (χ2v) is 10.5. The zero-order valence-corrected chi connectivity index (χ0v) is 21.5. The summed E-state index contributed by atoms with van der Waals surface area (Å²) in [6.07, 6.45) is 5.54. The first kappa shape index (κ1) is 28.2. The van der Waals surface area contributed by atoms with Crippen molar-refractivity contribution in [3.63, 3.8) is 0 Å². The average molecular weight is 528 g/mol. The van der Waals surface area contributed by atoms with E-state index in [0.717, 1.165) is 29.5 Å². The number of anilines is 1. The third kappa shape index (κ3) is 8.08. The maximum Gasteiger partial charge on any atom is 0.276 e. The summed E-state index contributed by atoms with van der Waals surface area (Å²) in [4.78, 5) is 39.7. The molecule has 2 aromatic rings. The van der Waals surface area contributed by atoms with Crippen LogP contribution in [-0.4, -0.2) is 48.9 Å². The van der Waals surface area contributed by atoms with E-state index in [9.17, 15) is 27.4 Å². The largest absolute Gasteiger partial charge is 0.354 e. The van der Waals surface area contributed by atoms with Gasteiger partial charge in [-0.3, -0.25) is 18.9 Å². The number of nitrogens with one attached hydrogen (secondary N) is 1. The number of carbonyl (C=O) groups is 3. The Balaban J connectivity index is 1.68. The van der Waals surface area contributed by atoms with Gasteiger partial charge < -0.3 is 16.0 Å². The summed E-state index contributed by atoms with van der Waals surface area (Å²) < 4.78 is 33.4. The lowest BCUT2D eigenvalue weighted by Gasteiger charge is -2.27. The lowest BCUT2D eigenvalue weighted by Crippen LogP contribution is -2.42. The summed E-state index contributed by atoms with van der Waals surface area (Å²) >= 11 is 0. The molecule has 1 atom stereocenters. The SMILES string of the molecule is NCCCCCC(=O)NCC(C(=O)CCC(=O)N1Cc2ccccc2C=Cc2ccccc21)S(=O)(=O)O. The van der Waals surface area contributed by atoms with Crippen LogP contribution in [0.1, 0.15) is 55.2 Å². The number of nitrogens with zero attached hydrogens (tertiary/aromatic N) is 1. The van der Waals surface area contributed by atoms with Gasteiger partial charge in [0.15, 0.2) is 11.0 Å². The summed E-state index contributed by atoms with van der Waals surface area (Å²) in [5.74, 6) is -1.61. The Hall–Kier alpha value is -3.34. The molecule has 1 aliphatic heterocycles. The molecule has 0 spiro atoms. The third-order valence-electron chi connectivity index (χ3n) is 6.25. The van der Waals surface area contributed by atoms with Crippen LogP contribution in [0.15, 0.2) is 48.5 Å². The van der Waals surface area contributed by atoms with Gasteiger partial charge >= 0.3 is 0 Å². The number of nitrogens with two attached hydrogens (primary N) is 1. The molecule has 37 heavy (non-hydrogen) atoms. The third-order valence-corrected chi connectivity index (χ3v) is 7.40. The number of fused-ring (bicyclic) bond motifs is 2. The Morgan fingerprint density at radius 1 is 0.919 bits per heavy atom. The van der Waals surface area contributed by atoms with E-state index < -0.39 is 40.0 Å². The fraction of sp³-hybridized carbons (Fsp3) is 0.370. The lowest BCUT2D eigenvalue weighted by molar-refractivity contribution is -0.124. The van der Waals surface area contributed by atoms with Crippen LogP contribution in [0.4, 0.5) is 5.69 Å². The van der Waals surface area contributed by atoms with Gasteiger partial charge in [0.1, 0.15) is 0 Å². The van der Waals surface area contributed by atoms with Gasteiger partial charge in [0.05, 0.1) is 12.2 Å². The molecule has 0 bridgehead atoms. The summed E-state index contributed by atoms with van der Waals surface area (Å²) in [5, 5.41) is 0.568. The Morgan fingerprint density at radius 3 is 2.32 bits per heavy atom. The van der Waals surface area contributed by atoms with Gasteiger partial charge in [0, 0.05) is 25.8 Å². The number of hydrogen-bond acceptors (Lipinski definition) is 6. The minimum Gasteiger partial charge on any atom is -0.354 e. The van der Waals surface area contributed by atoms with Crippen molar-refractivity contribution in [1.82, 2.24) is 5.32 Å². The molecule has 0 radical (unpaired) electrons. The van der Waals surface area contributed by atoms with E-state index >= 15 is 0 Å². The van der Waals surface area contributed by atoms with Crippen LogP contribution in [0.25, 0.3) is 12.2 Å². The average Bonchev–Trinajstić information content (AvgIpc) is 2.86. The number of carbonyl (C=O) groups excluding carboxylic acids is 3. The van der Waals surface area contributed by atoms with Crippen molar-refractivity contribution in [2.24, 2.45) is 5.73 Å². The number of amides is 2. The number of benzene rings is 2. The van der Waals surface area contributed by atoms with Crippen LogP contribution in [0.3, 0.4) is 0 Å². The first-order valence-corrected chi connectivity index (χ1v) is 13.8. The highest BCUT2D eigenvalue weighted by Gasteiger charge is 2.32. The highest BCUT2D eigenvalue weighted by molar-refractivity contribution is 7.87. The van der Waals surface area contributed by atoms with E-state index in [1.54, 1.807) is 4.90 Å². The molecule has 4 N–H and O–H groups in total. The quantitative estimate of drug-likeness (QED) is 0.284. The van der Waals surface area contributed by atoms with Crippen molar-refractivity contribution in [1.29, 1.82) is 0 Å². The second kappa shape index (κ2) is 13.3. The van der Waals surface area contributed by atoms with Crippen molar-refractivity contribution < 1.29 is 27.4 Å². The van der Waals surface area contributed by atoms with Gasteiger partial charge in [0.2, 0.25) is 11.8 Å². The van der Waals surface area contributed by atoms with Crippen LogP contribution in [0.5, 0.6) is 0 Å². The predicted octanol–water partition coefficient (Wildman–Crippen LogP) is 2.94. The molecule has 1 aliphatic rings. The number of ketones is 1. The monoisotopic (exact) mass is 527 g/mol. The van der Waals surface area contributed by atoms with Crippen molar-refractivity contribution in [3.8, 4) is 0 Å². The predicted molar refractivity (Wildman–Crippen MR) is 143 cm³/mol. The molecule has 0 aromatic heterocycles. The number of para-hydroxylation sites is 1. The normalized spacial score (nSPS) is 13.6. The topological polar surface area (TPSA) is 147 Å². The Bertz CT molecular complexity index is 1260. The molecule has 0 saturated heterocycles. The lowest BCUT2D eigenvalue weighted by atomic mass is 10.0. The van der Waals surface area contributed by atoms with E-state index in [-0.39, 0.29) is 25.3 Å². The van der Waals surface area contributed by atoms with Crippen LogP contribution in [0.2, 0.25) is 0 Å². The highest BCUT2D eigenvalue weighted by Crippen LogP contribution is 2.29. The fourth-order valence-corrected chi connectivity index (χ4v) is 4.93. The number of Topliss-reactive ketones (excluding diaryl/α,β-unsaturated/α-hetero) is 1. The van der Waals surface area contributed by atoms with E-state index in [4.69, 9.17) is 5.73 Å². The zero-order chi connectivity index (χ0) is 26.8. The summed E-state index contributed by atoms with van der Waals surface area (Å²) in [6.45, 7) is 0.255. The molecule has 3 rings (SSSR count). The Labute approximate surface area is 217 Å². The molecule has 1 unspecified atom stereocenters. The molecule has 0 saturated carbocycles. The minimum absolute atomic E-state index is 0.162. The van der Waals surface area contributed by atoms with E-state index in [0.29, 0.717) is 18.7 Å². The molecular formula is C27H33N3O6S. The molecule has 9 nitrogen and oxygen atoms in total. The van der Waals surface area contributed by atoms with Crippen molar-refractivity contribution >= 4 is 45.6 Å². The van der Waals surface area contributed by atoms with Crippen molar-refractivity contribution in [2.45, 2.75) is 50.3 Å². The molecular weight excluding hydrogens is 494 g/mol. The molecule has 198 valence electrons. The molecule has 0 fully saturated rings. The fourth-order valence-electron chi connectivity index (χ4n) is 4.19. The second-order valence-electron chi connectivity index (χ2n) is 8.94. The Kier molecular flexibility index (Phi) is 10.1. The van der Waals surface area contributed by atoms with Crippen LogP contribution in [-0.2, 0) is 31.0 Å². The van der Waals surface area contributed by atoms with Gasteiger partial charge in [-0.2, -0.15) is 8.42 Å². The number of unbranched alkanes of at least 4 members (excludes halogenated alkanes) is 2. The van der Waals surface area contributed by atoms with Gasteiger partial charge in [-0.05, 0) is 42.1 Å². The maximum absolute atomic E-state index is 13.3. The first-order chi connectivity index (χ1) is 17.7. The summed E-state index contributed by atoms with van der Waals surface area (Å²) in [5.41, 5.74) is 8.83. The molecule has 0 aliphatic carbocycles. The van der Waals surface area contributed by atoms with E-state index in [1.165, 1.54) is 0 Å². The number of rotatable bonds is 12. The van der Waals surface area contributed by atoms with Crippen molar-refractivity contribution in [2.75, 3.05) is 18.0 Å². The highest BCUT2D eigenvalue weighted by atomic mass is 32.2. The van der Waals surface area contributed by atoms with Crippen LogP contribution in [0, 0.1) is 0 Å². The van der Waals surface area contributed by atoms with E-state index in [1.807, 2.05) is 60.7 Å².